The van der Waals surface area contributed by atoms with E-state index in [9.17, 15) is 14.9 Å². The Bertz CT molecular complexity index is 524. The topological polar surface area (TPSA) is 110 Å². The summed E-state index contributed by atoms with van der Waals surface area (Å²) < 4.78 is 1.42. The first-order chi connectivity index (χ1) is 9.72. The molecule has 0 saturated carbocycles. The fraction of sp³-hybridized carbons (Fsp3) is 0.692. The van der Waals surface area contributed by atoms with Crippen LogP contribution in [0.5, 0.6) is 0 Å². The highest BCUT2D eigenvalue weighted by Crippen LogP contribution is 2.28. The van der Waals surface area contributed by atoms with Gasteiger partial charge in [-0.2, -0.15) is 5.10 Å². The summed E-state index contributed by atoms with van der Waals surface area (Å²) in [6.07, 6.45) is 0.778. The maximum absolute atomic E-state index is 11.1. The third-order valence-corrected chi connectivity index (χ3v) is 3.20. The Morgan fingerprint density at radius 2 is 2.14 bits per heavy atom. The quantitative estimate of drug-likeness (QED) is 0.562. The monoisotopic (exact) mass is 298 g/mol. The second-order valence-corrected chi connectivity index (χ2v) is 5.64. The molecule has 1 aromatic heterocycles. The van der Waals surface area contributed by atoms with Crippen molar-refractivity contribution in [1.82, 2.24) is 9.78 Å². The van der Waals surface area contributed by atoms with Crippen LogP contribution < -0.4 is 5.32 Å². The fourth-order valence-corrected chi connectivity index (χ4v) is 2.46. The lowest BCUT2D eigenvalue weighted by Gasteiger charge is -2.18. The fourth-order valence-electron chi connectivity index (χ4n) is 2.46. The summed E-state index contributed by atoms with van der Waals surface area (Å²) in [5, 5.41) is 27.0. The van der Waals surface area contributed by atoms with Crippen molar-refractivity contribution in [2.24, 2.45) is 18.9 Å². The second kappa shape index (κ2) is 7.05. The van der Waals surface area contributed by atoms with Gasteiger partial charge in [0, 0.05) is 20.0 Å². The summed E-state index contributed by atoms with van der Waals surface area (Å²) in [5.41, 5.74) is 0.278. The van der Waals surface area contributed by atoms with Crippen LogP contribution in [0.2, 0.25) is 0 Å². The van der Waals surface area contributed by atoms with Gasteiger partial charge in [-0.15, -0.1) is 0 Å². The van der Waals surface area contributed by atoms with Crippen LogP contribution in [0.15, 0.2) is 0 Å². The van der Waals surface area contributed by atoms with Gasteiger partial charge in [0.1, 0.15) is 5.69 Å². The number of nitrogens with one attached hydrogen (secondary N) is 1. The van der Waals surface area contributed by atoms with E-state index in [0.717, 1.165) is 6.42 Å². The highest BCUT2D eigenvalue weighted by Gasteiger charge is 2.25. The average molecular weight is 298 g/mol. The van der Waals surface area contributed by atoms with Gasteiger partial charge in [0.15, 0.2) is 0 Å². The summed E-state index contributed by atoms with van der Waals surface area (Å²) in [6.45, 7) is 5.98. The number of carbonyl (C=O) groups is 1. The molecule has 2 N–H and O–H groups in total. The number of aryl methyl sites for hydroxylation is 2. The molecule has 0 radical (unpaired) electrons. The SMILES string of the molecule is Cc1nn(C)c(NCC(CC(=O)O)CC(C)C)c1[N+](=O)[O-]. The minimum absolute atomic E-state index is 0.0375. The van der Waals surface area contributed by atoms with Gasteiger partial charge in [-0.1, -0.05) is 13.8 Å². The first kappa shape index (κ1) is 16.9. The Kier molecular flexibility index (Phi) is 5.69. The Labute approximate surface area is 123 Å². The Morgan fingerprint density at radius 1 is 1.52 bits per heavy atom. The molecule has 1 rings (SSSR count). The number of aliphatic carboxylic acids is 1. The summed E-state index contributed by atoms with van der Waals surface area (Å²) in [4.78, 5) is 21.5. The van der Waals surface area contributed by atoms with Crippen LogP contribution in [0, 0.1) is 28.9 Å². The Balaban J connectivity index is 2.84. The number of anilines is 1. The number of aromatic nitrogens is 2. The molecule has 1 aromatic rings. The maximum Gasteiger partial charge on any atom is 0.333 e. The second-order valence-electron chi connectivity index (χ2n) is 5.64. The summed E-state index contributed by atoms with van der Waals surface area (Å²) >= 11 is 0. The van der Waals surface area contributed by atoms with Gasteiger partial charge in [0.25, 0.3) is 0 Å². The van der Waals surface area contributed by atoms with Crippen LogP contribution in [0.1, 0.15) is 32.4 Å². The van der Waals surface area contributed by atoms with Gasteiger partial charge in [-0.05, 0) is 25.2 Å². The van der Waals surface area contributed by atoms with Crippen molar-refractivity contribution in [2.75, 3.05) is 11.9 Å². The number of rotatable bonds is 8. The molecule has 21 heavy (non-hydrogen) atoms. The lowest BCUT2D eigenvalue weighted by molar-refractivity contribution is -0.384. The van der Waals surface area contributed by atoms with Crippen molar-refractivity contribution in [3.63, 3.8) is 0 Å². The molecule has 0 saturated heterocycles. The van der Waals surface area contributed by atoms with Crippen molar-refractivity contribution in [3.05, 3.63) is 15.8 Å². The molecule has 8 heteroatoms. The van der Waals surface area contributed by atoms with E-state index >= 15 is 0 Å². The summed E-state index contributed by atoms with van der Waals surface area (Å²) in [6, 6.07) is 0. The zero-order valence-electron chi connectivity index (χ0n) is 12.8. The van der Waals surface area contributed by atoms with Crippen molar-refractivity contribution in [2.45, 2.75) is 33.6 Å². The molecule has 0 amide bonds. The number of nitrogens with zero attached hydrogens (tertiary/aromatic N) is 3. The summed E-state index contributed by atoms with van der Waals surface area (Å²) in [7, 11) is 1.62. The number of carboxylic acids is 1. The average Bonchev–Trinajstić information content (AvgIpc) is 2.59. The molecule has 0 spiro atoms. The normalized spacial score (nSPS) is 12.4. The van der Waals surface area contributed by atoms with Gasteiger partial charge in [0.2, 0.25) is 5.82 Å². The highest BCUT2D eigenvalue weighted by molar-refractivity contribution is 5.67. The van der Waals surface area contributed by atoms with Gasteiger partial charge in [-0.3, -0.25) is 14.9 Å². The molecule has 118 valence electrons. The number of hydrogen-bond donors (Lipinski definition) is 2. The van der Waals surface area contributed by atoms with Crippen molar-refractivity contribution >= 4 is 17.5 Å². The van der Waals surface area contributed by atoms with Crippen molar-refractivity contribution in [3.8, 4) is 0 Å². The Hall–Kier alpha value is -2.12. The predicted octanol–water partition coefficient (Wildman–Crippen LogP) is 2.19. The lowest BCUT2D eigenvalue weighted by Crippen LogP contribution is -2.21. The standard InChI is InChI=1S/C13H22N4O4/c1-8(2)5-10(6-11(18)19)7-14-13-12(17(20)21)9(3)15-16(13)4/h8,10,14H,5-7H2,1-4H3,(H,18,19). The summed E-state index contributed by atoms with van der Waals surface area (Å²) in [5.74, 6) is -0.272. The smallest absolute Gasteiger partial charge is 0.333 e. The van der Waals surface area contributed by atoms with E-state index in [1.807, 2.05) is 13.8 Å². The first-order valence-corrected chi connectivity index (χ1v) is 6.86. The van der Waals surface area contributed by atoms with Crippen LogP contribution in [0.4, 0.5) is 11.5 Å². The van der Waals surface area contributed by atoms with E-state index in [2.05, 4.69) is 10.4 Å². The molecular formula is C13H22N4O4. The molecule has 1 unspecified atom stereocenters. The lowest BCUT2D eigenvalue weighted by atomic mass is 9.94. The molecule has 0 aliphatic carbocycles. The molecule has 0 aliphatic heterocycles. The van der Waals surface area contributed by atoms with E-state index in [-0.39, 0.29) is 18.0 Å². The van der Waals surface area contributed by atoms with E-state index in [1.165, 1.54) is 4.68 Å². The number of hydrogen-bond acceptors (Lipinski definition) is 5. The zero-order chi connectivity index (χ0) is 16.2. The third-order valence-electron chi connectivity index (χ3n) is 3.20. The minimum Gasteiger partial charge on any atom is -0.481 e. The van der Waals surface area contributed by atoms with Gasteiger partial charge in [-0.25, -0.2) is 4.68 Å². The van der Waals surface area contributed by atoms with Crippen LogP contribution in [0.3, 0.4) is 0 Å². The van der Waals surface area contributed by atoms with E-state index < -0.39 is 10.9 Å². The van der Waals surface area contributed by atoms with Crippen LogP contribution in [-0.4, -0.2) is 32.3 Å². The Morgan fingerprint density at radius 3 is 2.62 bits per heavy atom. The zero-order valence-corrected chi connectivity index (χ0v) is 12.8. The number of nitro groups is 1. The molecule has 0 fully saturated rings. The minimum atomic E-state index is -0.863. The van der Waals surface area contributed by atoms with Crippen molar-refractivity contribution < 1.29 is 14.8 Å². The molecule has 8 nitrogen and oxygen atoms in total. The molecule has 0 bridgehead atoms. The van der Waals surface area contributed by atoms with Gasteiger partial charge in [0.05, 0.1) is 4.92 Å². The molecule has 1 atom stereocenters. The third kappa shape index (κ3) is 4.73. The predicted molar refractivity (Wildman–Crippen MR) is 78.3 cm³/mol. The number of carboxylic acid groups (broad SMARTS) is 1. The van der Waals surface area contributed by atoms with Crippen LogP contribution in [0.25, 0.3) is 0 Å². The largest absolute Gasteiger partial charge is 0.481 e. The van der Waals surface area contributed by atoms with Crippen LogP contribution >= 0.6 is 0 Å². The molecule has 1 heterocycles. The van der Waals surface area contributed by atoms with Crippen LogP contribution in [-0.2, 0) is 11.8 Å². The first-order valence-electron chi connectivity index (χ1n) is 6.86. The molecule has 0 aromatic carbocycles. The maximum atomic E-state index is 11.1. The van der Waals surface area contributed by atoms with E-state index in [1.54, 1.807) is 14.0 Å². The van der Waals surface area contributed by atoms with E-state index in [4.69, 9.17) is 5.11 Å². The van der Waals surface area contributed by atoms with Gasteiger partial charge < -0.3 is 10.4 Å². The highest BCUT2D eigenvalue weighted by atomic mass is 16.6. The van der Waals surface area contributed by atoms with E-state index in [0.29, 0.717) is 24.0 Å². The van der Waals surface area contributed by atoms with Gasteiger partial charge >= 0.3 is 11.7 Å². The molecular weight excluding hydrogens is 276 g/mol. The van der Waals surface area contributed by atoms with Crippen molar-refractivity contribution in [1.29, 1.82) is 0 Å². The molecule has 0 aliphatic rings.